The van der Waals surface area contributed by atoms with Crippen molar-refractivity contribution in [3.05, 3.63) is 75.1 Å². The SMILES string of the molecule is Cc1ccc2oc3c(c(=O)c2c1)[C@@H](c1cccc(O)c1)N(CCCOC(C)C)C3=O. The van der Waals surface area contributed by atoms with Gasteiger partial charge in [0.15, 0.2) is 5.43 Å². The molecule has 0 aliphatic carbocycles. The third kappa shape index (κ3) is 3.59. The van der Waals surface area contributed by atoms with Crippen LogP contribution in [0.1, 0.15) is 53.6 Å². The Hall–Kier alpha value is -3.12. The molecule has 0 radical (unpaired) electrons. The van der Waals surface area contributed by atoms with Gasteiger partial charge in [-0.1, -0.05) is 23.8 Å². The summed E-state index contributed by atoms with van der Waals surface area (Å²) in [5.41, 5.74) is 2.13. The van der Waals surface area contributed by atoms with Crippen LogP contribution >= 0.6 is 0 Å². The lowest BCUT2D eigenvalue weighted by Gasteiger charge is -2.25. The molecule has 0 fully saturated rings. The number of benzene rings is 2. The van der Waals surface area contributed by atoms with E-state index in [2.05, 4.69) is 0 Å². The van der Waals surface area contributed by atoms with Gasteiger partial charge in [0.05, 0.1) is 23.1 Å². The summed E-state index contributed by atoms with van der Waals surface area (Å²) >= 11 is 0. The van der Waals surface area contributed by atoms with Gasteiger partial charge in [-0.05, 0) is 57.0 Å². The van der Waals surface area contributed by atoms with E-state index in [4.69, 9.17) is 9.15 Å². The van der Waals surface area contributed by atoms with E-state index in [1.165, 1.54) is 0 Å². The highest BCUT2D eigenvalue weighted by Gasteiger charge is 2.42. The number of phenols is 1. The number of aryl methyl sites for hydroxylation is 1. The second-order valence-corrected chi connectivity index (χ2v) is 7.94. The average Bonchev–Trinajstić information content (AvgIpc) is 2.98. The first-order chi connectivity index (χ1) is 14.4. The van der Waals surface area contributed by atoms with E-state index in [9.17, 15) is 14.7 Å². The smallest absolute Gasteiger partial charge is 0.290 e. The van der Waals surface area contributed by atoms with E-state index in [1.54, 1.807) is 35.2 Å². The fraction of sp³-hybridized carbons (Fsp3) is 0.333. The highest BCUT2D eigenvalue weighted by molar-refractivity contribution is 5.99. The highest BCUT2D eigenvalue weighted by atomic mass is 16.5. The van der Waals surface area contributed by atoms with Crippen LogP contribution in [0.15, 0.2) is 51.7 Å². The van der Waals surface area contributed by atoms with Crippen LogP contribution in [0.4, 0.5) is 0 Å². The van der Waals surface area contributed by atoms with Gasteiger partial charge >= 0.3 is 0 Å². The van der Waals surface area contributed by atoms with Crippen molar-refractivity contribution in [2.75, 3.05) is 13.2 Å². The monoisotopic (exact) mass is 407 g/mol. The molecule has 0 bridgehead atoms. The van der Waals surface area contributed by atoms with E-state index < -0.39 is 6.04 Å². The lowest BCUT2D eigenvalue weighted by molar-refractivity contribution is 0.0593. The zero-order valence-corrected chi connectivity index (χ0v) is 17.3. The topological polar surface area (TPSA) is 80.0 Å². The number of rotatable bonds is 6. The molecule has 3 aromatic rings. The molecule has 4 rings (SSSR count). The molecule has 0 saturated heterocycles. The number of fused-ring (bicyclic) bond motifs is 2. The first-order valence-corrected chi connectivity index (χ1v) is 10.2. The number of phenolic OH excluding ortho intramolecular Hbond substituents is 1. The number of hydrogen-bond donors (Lipinski definition) is 1. The van der Waals surface area contributed by atoms with Crippen molar-refractivity contribution in [1.29, 1.82) is 0 Å². The van der Waals surface area contributed by atoms with Gasteiger partial charge in [-0.25, -0.2) is 0 Å². The van der Waals surface area contributed by atoms with Gasteiger partial charge in [0.2, 0.25) is 5.76 Å². The normalized spacial score (nSPS) is 15.9. The zero-order valence-electron chi connectivity index (χ0n) is 17.3. The van der Waals surface area contributed by atoms with Crippen molar-refractivity contribution >= 4 is 16.9 Å². The highest BCUT2D eigenvalue weighted by Crippen LogP contribution is 2.39. The third-order valence-corrected chi connectivity index (χ3v) is 5.30. The minimum Gasteiger partial charge on any atom is -0.508 e. The van der Waals surface area contributed by atoms with Crippen molar-refractivity contribution < 1.29 is 19.1 Å². The molecular weight excluding hydrogens is 382 g/mol. The molecule has 0 spiro atoms. The molecule has 0 unspecified atom stereocenters. The second kappa shape index (κ2) is 7.95. The van der Waals surface area contributed by atoms with Crippen LogP contribution in [0.5, 0.6) is 5.75 Å². The van der Waals surface area contributed by atoms with Crippen molar-refractivity contribution in [1.82, 2.24) is 4.90 Å². The molecule has 1 aliphatic rings. The second-order valence-electron chi connectivity index (χ2n) is 7.94. The Kier molecular flexibility index (Phi) is 5.35. The molecule has 156 valence electrons. The van der Waals surface area contributed by atoms with E-state index in [1.807, 2.05) is 32.9 Å². The molecular formula is C24H25NO5. The summed E-state index contributed by atoms with van der Waals surface area (Å²) in [5, 5.41) is 10.5. The summed E-state index contributed by atoms with van der Waals surface area (Å²) in [5.74, 6) is -0.158. The summed E-state index contributed by atoms with van der Waals surface area (Å²) in [6.45, 7) is 6.74. The average molecular weight is 407 g/mol. The number of hydrogen-bond acceptors (Lipinski definition) is 5. The Morgan fingerprint density at radius 2 is 1.97 bits per heavy atom. The van der Waals surface area contributed by atoms with E-state index >= 15 is 0 Å². The quantitative estimate of drug-likeness (QED) is 0.621. The number of aromatic hydroxyl groups is 1. The van der Waals surface area contributed by atoms with Crippen LogP contribution in [-0.4, -0.2) is 35.2 Å². The van der Waals surface area contributed by atoms with Gasteiger partial charge in [0.25, 0.3) is 5.91 Å². The van der Waals surface area contributed by atoms with E-state index in [0.717, 1.165) is 5.56 Å². The standard InChI is InChI=1S/C24H25NO5/c1-14(2)29-11-5-10-25-21(16-6-4-7-17(26)13-16)20-22(27)18-12-15(3)8-9-19(18)30-23(20)24(25)28/h4,6-9,12-14,21,26H,5,10-11H2,1-3H3/t21-/m1/s1. The summed E-state index contributed by atoms with van der Waals surface area (Å²) in [4.78, 5) is 28.3. The molecule has 6 nitrogen and oxygen atoms in total. The molecule has 1 aliphatic heterocycles. The largest absolute Gasteiger partial charge is 0.508 e. The van der Waals surface area contributed by atoms with Crippen molar-refractivity contribution in [3.8, 4) is 5.75 Å². The van der Waals surface area contributed by atoms with Crippen LogP contribution in [0.2, 0.25) is 0 Å². The fourth-order valence-corrected chi connectivity index (χ4v) is 3.96. The van der Waals surface area contributed by atoms with Crippen molar-refractivity contribution in [3.63, 3.8) is 0 Å². The van der Waals surface area contributed by atoms with E-state index in [-0.39, 0.29) is 28.9 Å². The van der Waals surface area contributed by atoms with Crippen LogP contribution in [0.25, 0.3) is 11.0 Å². The first-order valence-electron chi connectivity index (χ1n) is 10.2. The Balaban J connectivity index is 1.83. The zero-order chi connectivity index (χ0) is 21.4. The molecule has 1 amide bonds. The fourth-order valence-electron chi connectivity index (χ4n) is 3.96. The first kappa shape index (κ1) is 20.2. The summed E-state index contributed by atoms with van der Waals surface area (Å²) in [6, 6.07) is 11.4. The minimum atomic E-state index is -0.611. The lowest BCUT2D eigenvalue weighted by atomic mass is 9.98. The number of ether oxygens (including phenoxy) is 1. The number of carbonyl (C=O) groups excluding carboxylic acids is 1. The maximum Gasteiger partial charge on any atom is 0.290 e. The van der Waals surface area contributed by atoms with Crippen LogP contribution < -0.4 is 5.43 Å². The molecule has 2 heterocycles. The van der Waals surface area contributed by atoms with Gasteiger partial charge in [0, 0.05) is 13.2 Å². The Morgan fingerprint density at radius 3 is 2.70 bits per heavy atom. The maximum absolute atomic E-state index is 13.4. The maximum atomic E-state index is 13.4. The van der Waals surface area contributed by atoms with Crippen molar-refractivity contribution in [2.45, 2.75) is 39.3 Å². The van der Waals surface area contributed by atoms with Crippen molar-refractivity contribution in [2.24, 2.45) is 0 Å². The third-order valence-electron chi connectivity index (χ3n) is 5.30. The predicted molar refractivity (Wildman–Crippen MR) is 114 cm³/mol. The van der Waals surface area contributed by atoms with Gasteiger partial charge in [0.1, 0.15) is 11.3 Å². The number of nitrogens with zero attached hydrogens (tertiary/aromatic N) is 1. The molecule has 6 heteroatoms. The summed E-state index contributed by atoms with van der Waals surface area (Å²) in [6.07, 6.45) is 0.732. The Labute approximate surface area is 174 Å². The summed E-state index contributed by atoms with van der Waals surface area (Å²) in [7, 11) is 0. The Bertz CT molecular complexity index is 1160. The Morgan fingerprint density at radius 1 is 1.17 bits per heavy atom. The number of carbonyl (C=O) groups is 1. The van der Waals surface area contributed by atoms with Crippen LogP contribution in [-0.2, 0) is 4.74 Å². The van der Waals surface area contributed by atoms with Crippen LogP contribution in [0.3, 0.4) is 0 Å². The predicted octanol–water partition coefficient (Wildman–Crippen LogP) is 4.17. The molecule has 1 aromatic heterocycles. The summed E-state index contributed by atoms with van der Waals surface area (Å²) < 4.78 is 11.5. The molecule has 0 saturated carbocycles. The van der Waals surface area contributed by atoms with Gasteiger partial charge in [-0.3, -0.25) is 9.59 Å². The molecule has 2 aromatic carbocycles. The molecule has 1 atom stereocenters. The van der Waals surface area contributed by atoms with E-state index in [0.29, 0.717) is 41.7 Å². The van der Waals surface area contributed by atoms with Gasteiger partial charge in [-0.15, -0.1) is 0 Å². The lowest BCUT2D eigenvalue weighted by Crippen LogP contribution is -2.31. The number of amides is 1. The molecule has 1 N–H and O–H groups in total. The molecule has 30 heavy (non-hydrogen) atoms. The van der Waals surface area contributed by atoms with Crippen LogP contribution in [0, 0.1) is 6.92 Å². The van der Waals surface area contributed by atoms with Gasteiger partial charge in [-0.2, -0.15) is 0 Å². The van der Waals surface area contributed by atoms with Gasteiger partial charge < -0.3 is 19.2 Å². The minimum absolute atomic E-state index is 0.0782.